The maximum absolute atomic E-state index is 6.41. The Hall–Kier alpha value is -3.20. The van der Waals surface area contributed by atoms with Crippen LogP contribution in [0.25, 0.3) is 22.3 Å². The van der Waals surface area contributed by atoms with E-state index in [1.807, 2.05) is 35.1 Å². The molecule has 3 heterocycles. The number of nitrogens with zero attached hydrogens (tertiary/aromatic N) is 5. The summed E-state index contributed by atoms with van der Waals surface area (Å²) in [5, 5.41) is 13.1. The molecule has 1 fully saturated rings. The van der Waals surface area contributed by atoms with Gasteiger partial charge in [-0.2, -0.15) is 10.1 Å². The molecule has 4 N–H and O–H groups in total. The summed E-state index contributed by atoms with van der Waals surface area (Å²) in [4.78, 5) is 8.90. The van der Waals surface area contributed by atoms with E-state index < -0.39 is 0 Å². The molecule has 1 aromatic carbocycles. The molecule has 5 rings (SSSR count). The average Bonchev–Trinajstić information content (AvgIpc) is 3.69. The van der Waals surface area contributed by atoms with E-state index in [0.717, 1.165) is 74.2 Å². The number of benzene rings is 1. The molecule has 0 bridgehead atoms. The Labute approximate surface area is 242 Å². The summed E-state index contributed by atoms with van der Waals surface area (Å²) in [6, 6.07) is 12.7. The molecule has 3 aromatic heterocycles. The molecule has 4 aromatic rings. The van der Waals surface area contributed by atoms with Crippen LogP contribution in [-0.2, 0) is 6.54 Å². The molecule has 0 amide bonds. The second kappa shape index (κ2) is 13.4. The number of hydrogen-bond acceptors (Lipinski definition) is 6. The first-order chi connectivity index (χ1) is 19.5. The van der Waals surface area contributed by atoms with Gasteiger partial charge in [0.25, 0.3) is 0 Å². The van der Waals surface area contributed by atoms with Crippen LogP contribution in [0.1, 0.15) is 57.6 Å². The van der Waals surface area contributed by atoms with Crippen LogP contribution in [0.15, 0.2) is 60.4 Å². The van der Waals surface area contributed by atoms with Gasteiger partial charge in [0, 0.05) is 24.0 Å². The highest BCUT2D eigenvalue weighted by Crippen LogP contribution is 2.40. The second-order valence-corrected chi connectivity index (χ2v) is 11.3. The van der Waals surface area contributed by atoms with Crippen LogP contribution in [0.3, 0.4) is 0 Å². The zero-order valence-corrected chi connectivity index (χ0v) is 24.4. The number of nitrogens with one attached hydrogen (secondary N) is 2. The third-order valence-electron chi connectivity index (χ3n) is 8.01. The van der Waals surface area contributed by atoms with E-state index in [-0.39, 0.29) is 5.28 Å². The summed E-state index contributed by atoms with van der Waals surface area (Å²) in [6.45, 7) is 9.19. The Morgan fingerprint density at radius 2 is 1.93 bits per heavy atom. The van der Waals surface area contributed by atoms with Gasteiger partial charge >= 0.3 is 0 Å². The number of fused-ring (bicyclic) bond motifs is 1. The highest BCUT2D eigenvalue weighted by molar-refractivity contribution is 6.29. The summed E-state index contributed by atoms with van der Waals surface area (Å²) < 4.78 is 4.22. The van der Waals surface area contributed by atoms with Crippen molar-refractivity contribution in [3.8, 4) is 11.3 Å². The Bertz CT molecular complexity index is 1420. The van der Waals surface area contributed by atoms with Gasteiger partial charge < -0.3 is 20.9 Å². The molecule has 0 saturated heterocycles. The van der Waals surface area contributed by atoms with Crippen LogP contribution >= 0.6 is 11.6 Å². The predicted molar refractivity (Wildman–Crippen MR) is 164 cm³/mol. The van der Waals surface area contributed by atoms with E-state index in [2.05, 4.69) is 63.4 Å². The lowest BCUT2D eigenvalue weighted by atomic mass is 10.1. The van der Waals surface area contributed by atoms with Gasteiger partial charge in [-0.15, -0.1) is 0 Å². The number of nitrogens with two attached hydrogens (primary N) is 1. The summed E-state index contributed by atoms with van der Waals surface area (Å²) in [5.74, 6) is 1.03. The van der Waals surface area contributed by atoms with E-state index >= 15 is 0 Å². The van der Waals surface area contributed by atoms with Crippen LogP contribution in [0.2, 0.25) is 5.28 Å². The number of anilines is 1. The zero-order valence-electron chi connectivity index (χ0n) is 23.6. The number of rotatable bonds is 13. The van der Waals surface area contributed by atoms with Crippen LogP contribution in [0.5, 0.6) is 0 Å². The third kappa shape index (κ3) is 6.92. The normalized spacial score (nSPS) is 17.7. The van der Waals surface area contributed by atoms with Gasteiger partial charge in [0.15, 0.2) is 0 Å². The van der Waals surface area contributed by atoms with Crippen molar-refractivity contribution in [2.75, 3.05) is 31.9 Å². The van der Waals surface area contributed by atoms with Gasteiger partial charge in [-0.05, 0) is 101 Å². The number of hydrogen-bond donors (Lipinski definition) is 3. The minimum atomic E-state index is 0.177. The van der Waals surface area contributed by atoms with Gasteiger partial charge in [0.2, 0.25) is 5.28 Å². The molecular formula is C31H41ClN8. The monoisotopic (exact) mass is 560 g/mol. The van der Waals surface area contributed by atoms with Crippen LogP contribution < -0.4 is 16.4 Å². The van der Waals surface area contributed by atoms with Gasteiger partial charge in [-0.1, -0.05) is 42.0 Å². The van der Waals surface area contributed by atoms with Crippen LogP contribution in [0, 0.1) is 5.92 Å². The maximum atomic E-state index is 6.41. The Morgan fingerprint density at radius 3 is 2.75 bits per heavy atom. The molecule has 0 radical (unpaired) electrons. The highest BCUT2D eigenvalue weighted by Gasteiger charge is 2.29. The van der Waals surface area contributed by atoms with E-state index in [4.69, 9.17) is 22.4 Å². The van der Waals surface area contributed by atoms with Crippen molar-refractivity contribution < 1.29 is 0 Å². The van der Waals surface area contributed by atoms with Gasteiger partial charge in [0.05, 0.1) is 17.6 Å². The van der Waals surface area contributed by atoms with Crippen molar-refractivity contribution in [3.05, 3.63) is 71.3 Å². The number of aromatic nitrogens is 5. The lowest BCUT2D eigenvalue weighted by Crippen LogP contribution is -2.26. The standard InChI is InChI=1S/C31H41ClN8/c1-3-22(2)12-16-34-14-7-15-35-19-24-10-11-25(18-24)40-21-26(28-29(33)36-31(32)37-30(28)40)27-13-17-39(38-27)20-23-8-5-4-6-9-23/h3-6,8-9,13,17,21,24-25,34-35H,7,10-12,14-16,18-20H2,1-2H3,(H2,33,36,37)/b22-3+/t24-,25+/m1/s1. The summed E-state index contributed by atoms with van der Waals surface area (Å²) >= 11 is 6.28. The molecule has 0 aliphatic heterocycles. The second-order valence-electron chi connectivity index (χ2n) is 10.9. The van der Waals surface area contributed by atoms with Crippen molar-refractivity contribution >= 4 is 28.5 Å². The van der Waals surface area contributed by atoms with Gasteiger partial charge in [-0.3, -0.25) is 4.68 Å². The van der Waals surface area contributed by atoms with Crippen molar-refractivity contribution in [2.24, 2.45) is 5.92 Å². The summed E-state index contributed by atoms with van der Waals surface area (Å²) in [6.07, 6.45) is 12.0. The molecule has 1 aliphatic carbocycles. The van der Waals surface area contributed by atoms with E-state index in [1.54, 1.807) is 0 Å². The van der Waals surface area contributed by atoms with Crippen molar-refractivity contribution in [2.45, 2.75) is 58.5 Å². The molecule has 212 valence electrons. The number of halogens is 1. The van der Waals surface area contributed by atoms with E-state index in [9.17, 15) is 0 Å². The first kappa shape index (κ1) is 28.3. The van der Waals surface area contributed by atoms with Gasteiger partial charge in [0.1, 0.15) is 11.5 Å². The molecule has 1 aliphatic rings. The SMILES string of the molecule is C/C=C(\C)CCNCCCNC[C@@H]1CC[C@H](n2cc(-c3ccn(Cc4ccccc4)n3)c3c(N)nc(Cl)nc32)C1. The zero-order chi connectivity index (χ0) is 27.9. The Balaban J connectivity index is 1.22. The lowest BCUT2D eigenvalue weighted by Gasteiger charge is -2.15. The minimum absolute atomic E-state index is 0.177. The lowest BCUT2D eigenvalue weighted by molar-refractivity contribution is 0.452. The molecule has 0 unspecified atom stereocenters. The fourth-order valence-corrected chi connectivity index (χ4v) is 5.84. The minimum Gasteiger partial charge on any atom is -0.383 e. The maximum Gasteiger partial charge on any atom is 0.226 e. The largest absolute Gasteiger partial charge is 0.383 e. The molecule has 8 nitrogen and oxygen atoms in total. The fourth-order valence-electron chi connectivity index (χ4n) is 5.67. The van der Waals surface area contributed by atoms with E-state index in [1.165, 1.54) is 17.6 Å². The first-order valence-corrected chi connectivity index (χ1v) is 14.8. The molecule has 1 saturated carbocycles. The molecule has 2 atom stereocenters. The first-order valence-electron chi connectivity index (χ1n) is 14.5. The number of nitrogen functional groups attached to an aromatic ring is 1. The summed E-state index contributed by atoms with van der Waals surface area (Å²) in [5.41, 5.74) is 11.7. The predicted octanol–water partition coefficient (Wildman–Crippen LogP) is 5.85. The van der Waals surface area contributed by atoms with Crippen molar-refractivity contribution in [1.29, 1.82) is 0 Å². The molecule has 0 spiro atoms. The average molecular weight is 561 g/mol. The highest BCUT2D eigenvalue weighted by atomic mass is 35.5. The Morgan fingerprint density at radius 1 is 1.10 bits per heavy atom. The fraction of sp³-hybridized carbons (Fsp3) is 0.452. The van der Waals surface area contributed by atoms with Crippen molar-refractivity contribution in [3.63, 3.8) is 0 Å². The van der Waals surface area contributed by atoms with Crippen LogP contribution in [0.4, 0.5) is 5.82 Å². The van der Waals surface area contributed by atoms with E-state index in [0.29, 0.717) is 24.3 Å². The molecule has 9 heteroatoms. The van der Waals surface area contributed by atoms with Crippen LogP contribution in [-0.4, -0.2) is 50.5 Å². The quantitative estimate of drug-likeness (QED) is 0.108. The Kier molecular flexibility index (Phi) is 9.52. The molecular weight excluding hydrogens is 520 g/mol. The topological polar surface area (TPSA) is 98.6 Å². The smallest absolute Gasteiger partial charge is 0.226 e. The summed E-state index contributed by atoms with van der Waals surface area (Å²) in [7, 11) is 0. The number of allylic oxidation sites excluding steroid dienone is 1. The van der Waals surface area contributed by atoms with Crippen molar-refractivity contribution in [1.82, 2.24) is 34.9 Å². The van der Waals surface area contributed by atoms with Gasteiger partial charge in [-0.25, -0.2) is 4.98 Å². The third-order valence-corrected chi connectivity index (χ3v) is 8.18. The molecule has 40 heavy (non-hydrogen) atoms.